The number of aromatic nitrogens is 1. The summed E-state index contributed by atoms with van der Waals surface area (Å²) in [5.74, 6) is 1.22. The largest absolute Gasteiger partial charge is 0.486 e. The van der Waals surface area contributed by atoms with Gasteiger partial charge < -0.3 is 20.3 Å². The van der Waals surface area contributed by atoms with Gasteiger partial charge >= 0.3 is 0 Å². The average molecular weight is 286 g/mol. The van der Waals surface area contributed by atoms with Gasteiger partial charge in [-0.1, -0.05) is 12.1 Å². The quantitative estimate of drug-likeness (QED) is 0.893. The molecular weight excluding hydrogens is 268 g/mol. The number of aliphatic hydroxyl groups excluding tert-OH is 1. The van der Waals surface area contributed by atoms with E-state index in [0.29, 0.717) is 25.5 Å². The second kappa shape index (κ2) is 6.11. The molecule has 1 aromatic heterocycles. The van der Waals surface area contributed by atoms with E-state index in [1.165, 1.54) is 0 Å². The van der Waals surface area contributed by atoms with Crippen molar-refractivity contribution in [2.45, 2.75) is 12.0 Å². The Labute approximate surface area is 123 Å². The van der Waals surface area contributed by atoms with E-state index in [9.17, 15) is 5.11 Å². The smallest absolute Gasteiger partial charge is 0.161 e. The number of pyridine rings is 1. The summed E-state index contributed by atoms with van der Waals surface area (Å²) in [4.78, 5) is 4.04. The fourth-order valence-electron chi connectivity index (χ4n) is 2.52. The van der Waals surface area contributed by atoms with Gasteiger partial charge in [-0.3, -0.25) is 4.98 Å². The molecule has 5 heteroatoms. The van der Waals surface area contributed by atoms with Gasteiger partial charge in [0.15, 0.2) is 11.5 Å². The Morgan fingerprint density at radius 2 is 1.95 bits per heavy atom. The van der Waals surface area contributed by atoms with Crippen molar-refractivity contribution in [1.29, 1.82) is 0 Å². The molecule has 0 saturated carbocycles. The molecule has 2 unspecified atom stereocenters. The Hall–Kier alpha value is -2.11. The second-order valence-corrected chi connectivity index (χ2v) is 4.98. The highest BCUT2D eigenvalue weighted by Gasteiger charge is 2.23. The number of rotatable bonds is 4. The van der Waals surface area contributed by atoms with Crippen LogP contribution in [0.3, 0.4) is 0 Å². The maximum atomic E-state index is 10.5. The Morgan fingerprint density at radius 1 is 1.14 bits per heavy atom. The summed E-state index contributed by atoms with van der Waals surface area (Å²) < 4.78 is 11.1. The Balaban J connectivity index is 1.89. The van der Waals surface area contributed by atoms with Crippen molar-refractivity contribution in [2.24, 2.45) is 5.73 Å². The lowest BCUT2D eigenvalue weighted by Crippen LogP contribution is -2.21. The van der Waals surface area contributed by atoms with E-state index in [0.717, 1.165) is 16.9 Å². The Morgan fingerprint density at radius 3 is 2.67 bits per heavy atom. The number of aliphatic hydroxyl groups is 1. The molecule has 3 N–H and O–H groups in total. The van der Waals surface area contributed by atoms with Crippen molar-refractivity contribution < 1.29 is 14.6 Å². The lowest BCUT2D eigenvalue weighted by molar-refractivity contribution is 0.145. The van der Waals surface area contributed by atoms with Crippen molar-refractivity contribution in [3.8, 4) is 11.5 Å². The summed E-state index contributed by atoms with van der Waals surface area (Å²) in [6.07, 6.45) is 2.63. The zero-order valence-corrected chi connectivity index (χ0v) is 11.6. The molecule has 0 spiro atoms. The molecule has 2 heterocycles. The zero-order valence-electron chi connectivity index (χ0n) is 11.6. The minimum Gasteiger partial charge on any atom is -0.486 e. The predicted octanol–water partition coefficient (Wildman–Crippen LogP) is 1.63. The van der Waals surface area contributed by atoms with Gasteiger partial charge in [0.1, 0.15) is 13.2 Å². The van der Waals surface area contributed by atoms with Crippen LogP contribution < -0.4 is 15.2 Å². The van der Waals surface area contributed by atoms with Crippen molar-refractivity contribution in [2.75, 3.05) is 19.8 Å². The van der Waals surface area contributed by atoms with Crippen LogP contribution in [0.4, 0.5) is 0 Å². The predicted molar refractivity (Wildman–Crippen MR) is 78.4 cm³/mol. The highest BCUT2D eigenvalue weighted by Crippen LogP contribution is 2.36. The van der Waals surface area contributed by atoms with Crippen LogP contribution >= 0.6 is 0 Å². The number of hydrogen-bond donors (Lipinski definition) is 2. The standard InChI is InChI=1S/C16H18N2O3/c17-9-13(16(19)12-2-1-5-18-10-12)11-3-4-14-15(8-11)21-7-6-20-14/h1-5,8,10,13,16,19H,6-7,9,17H2. The Bertz CT molecular complexity index is 604. The van der Waals surface area contributed by atoms with Gasteiger partial charge in [0, 0.05) is 24.9 Å². The molecule has 1 aromatic carbocycles. The molecule has 3 rings (SSSR count). The highest BCUT2D eigenvalue weighted by molar-refractivity contribution is 5.45. The first-order valence-electron chi connectivity index (χ1n) is 6.97. The summed E-state index contributed by atoms with van der Waals surface area (Å²) in [5, 5.41) is 10.5. The molecule has 0 saturated heterocycles. The molecule has 0 radical (unpaired) electrons. The van der Waals surface area contributed by atoms with Gasteiger partial charge in [0.05, 0.1) is 6.10 Å². The first-order chi connectivity index (χ1) is 10.3. The topological polar surface area (TPSA) is 77.6 Å². The van der Waals surface area contributed by atoms with Crippen LogP contribution in [0.1, 0.15) is 23.1 Å². The molecule has 0 aliphatic carbocycles. The SMILES string of the molecule is NCC(c1ccc2c(c1)OCCO2)C(O)c1cccnc1. The number of fused-ring (bicyclic) bond motifs is 1. The fourth-order valence-corrected chi connectivity index (χ4v) is 2.52. The van der Waals surface area contributed by atoms with Crippen molar-refractivity contribution in [3.63, 3.8) is 0 Å². The van der Waals surface area contributed by atoms with Gasteiger partial charge in [-0.2, -0.15) is 0 Å². The van der Waals surface area contributed by atoms with E-state index in [-0.39, 0.29) is 5.92 Å². The lowest BCUT2D eigenvalue weighted by atomic mass is 9.89. The number of benzene rings is 1. The third kappa shape index (κ3) is 2.84. The van der Waals surface area contributed by atoms with Gasteiger partial charge in [0.2, 0.25) is 0 Å². The molecule has 0 amide bonds. The normalized spacial score (nSPS) is 16.3. The van der Waals surface area contributed by atoms with Crippen LogP contribution in [0.5, 0.6) is 11.5 Å². The molecule has 110 valence electrons. The van der Waals surface area contributed by atoms with Crippen LogP contribution in [0.25, 0.3) is 0 Å². The van der Waals surface area contributed by atoms with Crippen LogP contribution in [0.15, 0.2) is 42.7 Å². The second-order valence-electron chi connectivity index (χ2n) is 4.98. The molecular formula is C16H18N2O3. The third-order valence-corrected chi connectivity index (χ3v) is 3.66. The van der Waals surface area contributed by atoms with Gasteiger partial charge in [-0.25, -0.2) is 0 Å². The number of hydrogen-bond acceptors (Lipinski definition) is 5. The molecule has 21 heavy (non-hydrogen) atoms. The number of nitrogens with two attached hydrogens (primary N) is 1. The summed E-state index contributed by atoms with van der Waals surface area (Å²) in [6.45, 7) is 1.43. The minimum absolute atomic E-state index is 0.218. The van der Waals surface area contributed by atoms with Gasteiger partial charge in [-0.15, -0.1) is 0 Å². The summed E-state index contributed by atoms with van der Waals surface area (Å²) >= 11 is 0. The number of ether oxygens (including phenoxy) is 2. The maximum Gasteiger partial charge on any atom is 0.161 e. The minimum atomic E-state index is -0.703. The Kier molecular flexibility index (Phi) is 4.03. The monoisotopic (exact) mass is 286 g/mol. The third-order valence-electron chi connectivity index (χ3n) is 3.66. The van der Waals surface area contributed by atoms with E-state index in [1.54, 1.807) is 18.5 Å². The van der Waals surface area contributed by atoms with E-state index in [1.807, 2.05) is 24.3 Å². The zero-order chi connectivity index (χ0) is 14.7. The summed E-state index contributed by atoms with van der Waals surface area (Å²) in [7, 11) is 0. The van der Waals surface area contributed by atoms with Crippen LogP contribution in [-0.2, 0) is 0 Å². The van der Waals surface area contributed by atoms with E-state index in [2.05, 4.69) is 4.98 Å². The molecule has 2 atom stereocenters. The first-order valence-corrected chi connectivity index (χ1v) is 6.97. The lowest BCUT2D eigenvalue weighted by Gasteiger charge is -2.24. The fraction of sp³-hybridized carbons (Fsp3) is 0.312. The van der Waals surface area contributed by atoms with Crippen LogP contribution in [0.2, 0.25) is 0 Å². The van der Waals surface area contributed by atoms with Crippen molar-refractivity contribution in [1.82, 2.24) is 4.98 Å². The molecule has 5 nitrogen and oxygen atoms in total. The van der Waals surface area contributed by atoms with Gasteiger partial charge in [0.25, 0.3) is 0 Å². The molecule has 1 aliphatic heterocycles. The van der Waals surface area contributed by atoms with Gasteiger partial charge in [-0.05, 0) is 29.3 Å². The van der Waals surface area contributed by atoms with E-state index in [4.69, 9.17) is 15.2 Å². The molecule has 1 aliphatic rings. The maximum absolute atomic E-state index is 10.5. The molecule has 0 bridgehead atoms. The number of nitrogens with zero attached hydrogens (tertiary/aromatic N) is 1. The van der Waals surface area contributed by atoms with Crippen LogP contribution in [0, 0.1) is 0 Å². The summed E-state index contributed by atoms with van der Waals surface area (Å²) in [6, 6.07) is 9.33. The first kappa shape index (κ1) is 13.9. The molecule has 0 fully saturated rings. The average Bonchev–Trinajstić information content (AvgIpc) is 2.56. The van der Waals surface area contributed by atoms with Crippen molar-refractivity contribution >= 4 is 0 Å². The summed E-state index contributed by atoms with van der Waals surface area (Å²) in [5.41, 5.74) is 7.55. The van der Waals surface area contributed by atoms with Crippen molar-refractivity contribution in [3.05, 3.63) is 53.9 Å². The van der Waals surface area contributed by atoms with E-state index >= 15 is 0 Å². The van der Waals surface area contributed by atoms with E-state index < -0.39 is 6.10 Å². The highest BCUT2D eigenvalue weighted by atomic mass is 16.6. The molecule has 2 aromatic rings. The van der Waals surface area contributed by atoms with Crippen LogP contribution in [-0.4, -0.2) is 29.8 Å².